The van der Waals surface area contributed by atoms with Crippen molar-refractivity contribution >= 4 is 23.8 Å². The van der Waals surface area contributed by atoms with Crippen LogP contribution in [0.2, 0.25) is 0 Å². The van der Waals surface area contributed by atoms with Gasteiger partial charge in [-0.05, 0) is 25.5 Å². The van der Waals surface area contributed by atoms with Crippen molar-refractivity contribution < 1.29 is 23.9 Å². The van der Waals surface area contributed by atoms with Crippen LogP contribution in [0, 0.1) is 5.92 Å². The Bertz CT molecular complexity index is 501. The Labute approximate surface area is 123 Å². The van der Waals surface area contributed by atoms with Crippen molar-refractivity contribution in [2.45, 2.75) is 13.8 Å². The van der Waals surface area contributed by atoms with E-state index in [1.165, 1.54) is 12.2 Å². The Balaban J connectivity index is 2.87. The third-order valence-corrected chi connectivity index (χ3v) is 2.57. The van der Waals surface area contributed by atoms with Crippen LogP contribution >= 0.6 is 0 Å². The number of rotatable bonds is 7. The fourth-order valence-electron chi connectivity index (χ4n) is 1.62. The van der Waals surface area contributed by atoms with Crippen molar-refractivity contribution in [1.29, 1.82) is 0 Å². The fraction of sp³-hybridized carbons (Fsp3) is 0.312. The van der Waals surface area contributed by atoms with Gasteiger partial charge in [-0.25, -0.2) is 0 Å². The molecule has 0 aliphatic heterocycles. The second kappa shape index (κ2) is 8.68. The van der Waals surface area contributed by atoms with Crippen LogP contribution in [0.3, 0.4) is 0 Å². The minimum atomic E-state index is -1.56. The highest BCUT2D eigenvalue weighted by Crippen LogP contribution is 2.09. The molecule has 0 radical (unpaired) electrons. The second-order valence-corrected chi connectivity index (χ2v) is 4.08. The maximum Gasteiger partial charge on any atom is 0.328 e. The van der Waals surface area contributed by atoms with Crippen molar-refractivity contribution in [3.8, 4) is 0 Å². The molecular weight excluding hydrogens is 272 g/mol. The maximum absolute atomic E-state index is 12.1. The summed E-state index contributed by atoms with van der Waals surface area (Å²) in [5, 5.41) is 0. The number of carbonyl (C=O) groups is 3. The van der Waals surface area contributed by atoms with E-state index in [2.05, 4.69) is 0 Å². The van der Waals surface area contributed by atoms with Crippen molar-refractivity contribution in [2.75, 3.05) is 13.2 Å². The predicted molar refractivity (Wildman–Crippen MR) is 77.2 cm³/mol. The lowest BCUT2D eigenvalue weighted by Crippen LogP contribution is -2.34. The van der Waals surface area contributed by atoms with Gasteiger partial charge in [0.15, 0.2) is 5.78 Å². The predicted octanol–water partition coefficient (Wildman–Crippen LogP) is 2.01. The van der Waals surface area contributed by atoms with Gasteiger partial charge >= 0.3 is 11.9 Å². The van der Waals surface area contributed by atoms with E-state index in [0.717, 1.165) is 5.56 Å². The summed E-state index contributed by atoms with van der Waals surface area (Å²) in [6, 6.07) is 9.08. The molecule has 5 heteroatoms. The van der Waals surface area contributed by atoms with Crippen LogP contribution in [-0.4, -0.2) is 30.9 Å². The largest absolute Gasteiger partial charge is 0.465 e. The van der Waals surface area contributed by atoms with E-state index in [4.69, 9.17) is 9.47 Å². The summed E-state index contributed by atoms with van der Waals surface area (Å²) in [7, 11) is 0. The minimum absolute atomic E-state index is 0.0877. The smallest absolute Gasteiger partial charge is 0.328 e. The number of esters is 2. The highest BCUT2D eigenvalue weighted by Gasteiger charge is 2.35. The average molecular weight is 290 g/mol. The maximum atomic E-state index is 12.1. The molecule has 1 rings (SSSR count). The minimum Gasteiger partial charge on any atom is -0.465 e. The lowest BCUT2D eigenvalue weighted by atomic mass is 10.0. The molecule has 0 amide bonds. The van der Waals surface area contributed by atoms with Gasteiger partial charge in [0, 0.05) is 0 Å². The molecule has 5 nitrogen and oxygen atoms in total. The number of benzene rings is 1. The molecule has 0 saturated carbocycles. The molecule has 0 N–H and O–H groups in total. The molecule has 0 unspecified atom stereocenters. The molecule has 0 spiro atoms. The van der Waals surface area contributed by atoms with E-state index < -0.39 is 23.6 Å². The summed E-state index contributed by atoms with van der Waals surface area (Å²) >= 11 is 0. The molecule has 0 heterocycles. The van der Waals surface area contributed by atoms with Gasteiger partial charge in [0.2, 0.25) is 5.92 Å². The number of hydrogen-bond acceptors (Lipinski definition) is 5. The van der Waals surface area contributed by atoms with E-state index in [-0.39, 0.29) is 13.2 Å². The van der Waals surface area contributed by atoms with Gasteiger partial charge in [0.05, 0.1) is 13.2 Å². The van der Waals surface area contributed by atoms with E-state index in [0.29, 0.717) is 0 Å². The Morgan fingerprint density at radius 3 is 2.00 bits per heavy atom. The van der Waals surface area contributed by atoms with Crippen LogP contribution in [0.15, 0.2) is 36.4 Å². The molecule has 1 aromatic rings. The molecule has 0 aromatic heterocycles. The second-order valence-electron chi connectivity index (χ2n) is 4.08. The zero-order valence-corrected chi connectivity index (χ0v) is 12.1. The molecule has 0 fully saturated rings. The third-order valence-electron chi connectivity index (χ3n) is 2.57. The number of allylic oxidation sites excluding steroid dienone is 1. The first kappa shape index (κ1) is 16.6. The summed E-state index contributed by atoms with van der Waals surface area (Å²) in [6.07, 6.45) is 2.72. The van der Waals surface area contributed by atoms with Crippen LogP contribution in [0.4, 0.5) is 0 Å². The van der Waals surface area contributed by atoms with Crippen molar-refractivity contribution in [3.05, 3.63) is 42.0 Å². The number of ether oxygens (including phenoxy) is 2. The highest BCUT2D eigenvalue weighted by atomic mass is 16.6. The van der Waals surface area contributed by atoms with E-state index in [1.807, 2.05) is 18.2 Å². The summed E-state index contributed by atoms with van der Waals surface area (Å²) in [5.41, 5.74) is 0.789. The standard InChI is InChI=1S/C16H18O5/c1-3-20-15(18)14(16(19)21-4-2)13(17)11-10-12-8-6-5-7-9-12/h5-11,14H,3-4H2,1-2H3/b11-10+. The third kappa shape index (κ3) is 5.22. The molecule has 0 saturated heterocycles. The first-order valence-corrected chi connectivity index (χ1v) is 6.70. The van der Waals surface area contributed by atoms with Gasteiger partial charge in [-0.1, -0.05) is 36.4 Å². The number of carbonyl (C=O) groups excluding carboxylic acids is 3. The van der Waals surface area contributed by atoms with E-state index >= 15 is 0 Å². The van der Waals surface area contributed by atoms with Crippen LogP contribution in [0.5, 0.6) is 0 Å². The monoisotopic (exact) mass is 290 g/mol. The number of hydrogen-bond donors (Lipinski definition) is 0. The first-order valence-electron chi connectivity index (χ1n) is 6.70. The zero-order valence-electron chi connectivity index (χ0n) is 12.1. The average Bonchev–Trinajstić information content (AvgIpc) is 2.47. The Hall–Kier alpha value is -2.43. The highest BCUT2D eigenvalue weighted by molar-refractivity contribution is 6.19. The van der Waals surface area contributed by atoms with Crippen LogP contribution in [0.25, 0.3) is 6.08 Å². The van der Waals surface area contributed by atoms with Gasteiger partial charge in [0.1, 0.15) is 0 Å². The summed E-state index contributed by atoms with van der Waals surface area (Å²) in [5.74, 6) is -4.00. The molecule has 0 atom stereocenters. The first-order chi connectivity index (χ1) is 10.1. The molecule has 1 aromatic carbocycles. The van der Waals surface area contributed by atoms with Crippen LogP contribution in [-0.2, 0) is 23.9 Å². The van der Waals surface area contributed by atoms with Crippen molar-refractivity contribution in [1.82, 2.24) is 0 Å². The summed E-state index contributed by atoms with van der Waals surface area (Å²) in [4.78, 5) is 35.5. The zero-order chi connectivity index (χ0) is 15.7. The fourth-order valence-corrected chi connectivity index (χ4v) is 1.62. The van der Waals surface area contributed by atoms with Crippen molar-refractivity contribution in [2.24, 2.45) is 5.92 Å². The molecule has 21 heavy (non-hydrogen) atoms. The van der Waals surface area contributed by atoms with Gasteiger partial charge < -0.3 is 9.47 Å². The van der Waals surface area contributed by atoms with Gasteiger partial charge in [-0.3, -0.25) is 14.4 Å². The van der Waals surface area contributed by atoms with E-state index in [9.17, 15) is 14.4 Å². The van der Waals surface area contributed by atoms with Gasteiger partial charge in [-0.2, -0.15) is 0 Å². The Kier molecular flexibility index (Phi) is 6.87. The van der Waals surface area contributed by atoms with Crippen LogP contribution in [0.1, 0.15) is 19.4 Å². The SMILES string of the molecule is CCOC(=O)C(C(=O)/C=C/c1ccccc1)C(=O)OCC. The lowest BCUT2D eigenvalue weighted by molar-refractivity contribution is -0.163. The normalized spacial score (nSPS) is 10.6. The van der Waals surface area contributed by atoms with Gasteiger partial charge in [-0.15, -0.1) is 0 Å². The Morgan fingerprint density at radius 2 is 1.52 bits per heavy atom. The quantitative estimate of drug-likeness (QED) is 0.436. The number of ketones is 1. The lowest BCUT2D eigenvalue weighted by Gasteiger charge is -2.11. The molecule has 0 bridgehead atoms. The Morgan fingerprint density at radius 1 is 1.00 bits per heavy atom. The van der Waals surface area contributed by atoms with Crippen LogP contribution < -0.4 is 0 Å². The molecular formula is C16H18O5. The van der Waals surface area contributed by atoms with E-state index in [1.54, 1.807) is 26.0 Å². The summed E-state index contributed by atoms with van der Waals surface area (Å²) in [6.45, 7) is 3.38. The molecule has 0 aliphatic carbocycles. The van der Waals surface area contributed by atoms with Gasteiger partial charge in [0.25, 0.3) is 0 Å². The van der Waals surface area contributed by atoms with Crippen molar-refractivity contribution in [3.63, 3.8) is 0 Å². The molecule has 0 aliphatic rings. The molecule has 112 valence electrons. The topological polar surface area (TPSA) is 69.7 Å². The summed E-state index contributed by atoms with van der Waals surface area (Å²) < 4.78 is 9.50.